The van der Waals surface area contributed by atoms with Crippen molar-refractivity contribution in [2.24, 2.45) is 5.92 Å². The van der Waals surface area contributed by atoms with Gasteiger partial charge in [-0.3, -0.25) is 15.0 Å². The van der Waals surface area contributed by atoms with Crippen LogP contribution in [0.2, 0.25) is 0 Å². The number of aromatic nitrogens is 1. The maximum absolute atomic E-state index is 13.7. The van der Waals surface area contributed by atoms with Gasteiger partial charge in [0.25, 0.3) is 5.91 Å². The van der Waals surface area contributed by atoms with Crippen LogP contribution in [-0.4, -0.2) is 22.2 Å². The largest absolute Gasteiger partial charge is 0.398 e. The first kappa shape index (κ1) is 25.2. The number of benzene rings is 3. The van der Waals surface area contributed by atoms with Gasteiger partial charge in [0, 0.05) is 40.8 Å². The second-order valence-corrected chi connectivity index (χ2v) is 9.75. The summed E-state index contributed by atoms with van der Waals surface area (Å²) >= 11 is 0. The molecular weight excluding hydrogens is 481 g/mol. The van der Waals surface area contributed by atoms with Crippen LogP contribution in [0.4, 0.5) is 10.1 Å². The zero-order chi connectivity index (χ0) is 27.0. The van der Waals surface area contributed by atoms with E-state index in [1.54, 1.807) is 24.3 Å². The van der Waals surface area contributed by atoms with E-state index in [9.17, 15) is 14.0 Å². The first-order valence-corrected chi connectivity index (χ1v) is 12.7. The molecule has 3 aromatic carbocycles. The average Bonchev–Trinajstić information content (AvgIpc) is 3.69. The Bertz CT molecular complexity index is 1570. The van der Waals surface area contributed by atoms with Gasteiger partial charge in [0.15, 0.2) is 0 Å². The second-order valence-electron chi connectivity index (χ2n) is 9.75. The number of carbonyl (C=O) groups excluding carboxylic acids is 2. The van der Waals surface area contributed by atoms with Gasteiger partial charge in [0.05, 0.1) is 11.6 Å². The molecule has 0 saturated heterocycles. The number of aryl methyl sites for hydroxylation is 1. The number of halogens is 1. The van der Waals surface area contributed by atoms with Crippen molar-refractivity contribution in [1.82, 2.24) is 15.2 Å². The first-order valence-electron chi connectivity index (χ1n) is 12.7. The number of nitrogens with one attached hydrogen (secondary N) is 3. The number of fused-ring (bicyclic) bond motifs is 1. The van der Waals surface area contributed by atoms with E-state index in [0.717, 1.165) is 34.9 Å². The average molecular weight is 512 g/mol. The van der Waals surface area contributed by atoms with Crippen LogP contribution in [0.15, 0.2) is 66.9 Å². The van der Waals surface area contributed by atoms with E-state index in [1.165, 1.54) is 12.1 Å². The van der Waals surface area contributed by atoms with Gasteiger partial charge in [-0.15, -0.1) is 0 Å². The molecule has 8 heteroatoms. The number of rotatable bonds is 7. The van der Waals surface area contributed by atoms with Crippen LogP contribution in [-0.2, 0) is 11.3 Å². The summed E-state index contributed by atoms with van der Waals surface area (Å²) < 4.78 is 15.7. The molecule has 5 N–H and O–H groups in total. The van der Waals surface area contributed by atoms with E-state index < -0.39 is 0 Å². The van der Waals surface area contributed by atoms with Gasteiger partial charge in [-0.2, -0.15) is 0 Å². The molecule has 1 aromatic heterocycles. The number of amidine groups is 1. The van der Waals surface area contributed by atoms with E-state index in [-0.39, 0.29) is 35.4 Å². The molecule has 2 amide bonds. The topological polar surface area (TPSA) is 113 Å². The number of nitrogen functional groups attached to an aromatic ring is 1. The normalized spacial score (nSPS) is 13.8. The van der Waals surface area contributed by atoms with Crippen LogP contribution in [0.3, 0.4) is 0 Å². The molecule has 1 heterocycles. The van der Waals surface area contributed by atoms with Crippen LogP contribution in [0.25, 0.3) is 22.0 Å². The van der Waals surface area contributed by atoms with Crippen molar-refractivity contribution < 1.29 is 14.0 Å². The predicted octanol–water partition coefficient (Wildman–Crippen LogP) is 5.39. The number of nitrogens with zero attached hydrogens (tertiary/aromatic N) is 1. The summed E-state index contributed by atoms with van der Waals surface area (Å²) in [7, 11) is 0. The Hall–Kier alpha value is -4.46. The molecule has 1 aliphatic carbocycles. The van der Waals surface area contributed by atoms with Crippen molar-refractivity contribution in [3.63, 3.8) is 0 Å². The fourth-order valence-electron chi connectivity index (χ4n) is 4.66. The SMILES string of the molecule is CCn1cc(C(=O)NC(C)c2cccc(F)c2)c2cc(-c3ccc(C(=N)NC(=O)C4CC4)c(N)c3)ccc21. The maximum atomic E-state index is 13.7. The summed E-state index contributed by atoms with van der Waals surface area (Å²) in [6.45, 7) is 4.53. The van der Waals surface area contributed by atoms with Crippen molar-refractivity contribution >= 4 is 34.2 Å². The van der Waals surface area contributed by atoms with Crippen molar-refractivity contribution in [2.45, 2.75) is 39.3 Å². The summed E-state index contributed by atoms with van der Waals surface area (Å²) in [5.74, 6) is -0.733. The summed E-state index contributed by atoms with van der Waals surface area (Å²) in [5.41, 5.74) is 11.0. The van der Waals surface area contributed by atoms with Gasteiger partial charge in [-0.05, 0) is 79.8 Å². The summed E-state index contributed by atoms with van der Waals surface area (Å²) in [5, 5.41) is 14.7. The van der Waals surface area contributed by atoms with Gasteiger partial charge in [0.2, 0.25) is 5.91 Å². The molecule has 4 aromatic rings. The molecule has 1 atom stereocenters. The fourth-order valence-corrected chi connectivity index (χ4v) is 4.66. The van der Waals surface area contributed by atoms with Crippen molar-refractivity contribution in [3.8, 4) is 11.1 Å². The lowest BCUT2D eigenvalue weighted by atomic mass is 9.99. The quantitative estimate of drug-likeness (QED) is 0.152. The Balaban J connectivity index is 1.43. The van der Waals surface area contributed by atoms with Gasteiger partial charge >= 0.3 is 0 Å². The van der Waals surface area contributed by atoms with E-state index in [4.69, 9.17) is 11.1 Å². The number of carbonyl (C=O) groups is 2. The lowest BCUT2D eigenvalue weighted by Gasteiger charge is -2.14. The Morgan fingerprint density at radius 3 is 2.50 bits per heavy atom. The van der Waals surface area contributed by atoms with Crippen LogP contribution in [0, 0.1) is 17.1 Å². The molecule has 0 bridgehead atoms. The number of hydrogen-bond acceptors (Lipinski definition) is 4. The van der Waals surface area contributed by atoms with Gasteiger partial charge in [0.1, 0.15) is 11.7 Å². The van der Waals surface area contributed by atoms with Gasteiger partial charge in [-0.1, -0.05) is 24.3 Å². The number of hydrogen-bond donors (Lipinski definition) is 4. The Labute approximate surface area is 220 Å². The number of amides is 2. The maximum Gasteiger partial charge on any atom is 0.253 e. The monoisotopic (exact) mass is 511 g/mol. The second kappa shape index (κ2) is 10.1. The number of nitrogens with two attached hydrogens (primary N) is 1. The molecule has 1 fully saturated rings. The third kappa shape index (κ3) is 5.02. The highest BCUT2D eigenvalue weighted by Gasteiger charge is 2.30. The lowest BCUT2D eigenvalue weighted by molar-refractivity contribution is -0.120. The Morgan fingerprint density at radius 2 is 1.82 bits per heavy atom. The highest BCUT2D eigenvalue weighted by molar-refractivity contribution is 6.10. The molecule has 5 rings (SSSR count). The van der Waals surface area contributed by atoms with Crippen molar-refractivity contribution in [3.05, 3.63) is 89.4 Å². The molecule has 38 heavy (non-hydrogen) atoms. The Kier molecular flexibility index (Phi) is 6.72. The molecular formula is C30H30FN5O2. The fraction of sp³-hybridized carbons (Fsp3) is 0.233. The standard InChI is InChI=1S/C30H30FN5O2/c1-3-36-16-25(30(38)34-17(2)19-5-4-6-22(31)13-19)24-14-20(10-12-27(24)36)21-9-11-23(26(32)15-21)28(33)35-29(37)18-7-8-18/h4-6,9-18H,3,7-8,32H2,1-2H3,(H,34,38)(H2,33,35,37). The molecule has 7 nitrogen and oxygen atoms in total. The van der Waals surface area contributed by atoms with Gasteiger partial charge < -0.3 is 20.9 Å². The van der Waals surface area contributed by atoms with E-state index in [1.807, 2.05) is 48.9 Å². The Morgan fingerprint density at radius 1 is 1.08 bits per heavy atom. The highest BCUT2D eigenvalue weighted by atomic mass is 19.1. The van der Waals surface area contributed by atoms with Gasteiger partial charge in [-0.25, -0.2) is 4.39 Å². The lowest BCUT2D eigenvalue weighted by Crippen LogP contribution is -2.32. The minimum Gasteiger partial charge on any atom is -0.398 e. The highest BCUT2D eigenvalue weighted by Crippen LogP contribution is 2.31. The molecule has 0 radical (unpaired) electrons. The third-order valence-electron chi connectivity index (χ3n) is 7.01. The van der Waals surface area contributed by atoms with Crippen LogP contribution < -0.4 is 16.4 Å². The first-order chi connectivity index (χ1) is 18.2. The van der Waals surface area contributed by atoms with E-state index in [0.29, 0.717) is 28.9 Å². The molecule has 0 aliphatic heterocycles. The van der Waals surface area contributed by atoms with E-state index in [2.05, 4.69) is 10.6 Å². The predicted molar refractivity (Wildman–Crippen MR) is 147 cm³/mol. The minimum atomic E-state index is -0.371. The van der Waals surface area contributed by atoms with Crippen LogP contribution in [0.5, 0.6) is 0 Å². The molecule has 1 saturated carbocycles. The molecule has 1 unspecified atom stereocenters. The van der Waals surface area contributed by atoms with Crippen molar-refractivity contribution in [1.29, 1.82) is 5.41 Å². The zero-order valence-electron chi connectivity index (χ0n) is 21.3. The smallest absolute Gasteiger partial charge is 0.253 e. The van der Waals surface area contributed by atoms with Crippen LogP contribution >= 0.6 is 0 Å². The summed E-state index contributed by atoms with van der Waals surface area (Å²) in [6, 6.07) is 17.1. The molecule has 0 spiro atoms. The zero-order valence-corrected chi connectivity index (χ0v) is 21.3. The van der Waals surface area contributed by atoms with Crippen molar-refractivity contribution in [2.75, 3.05) is 5.73 Å². The molecule has 1 aliphatic rings. The van der Waals surface area contributed by atoms with E-state index >= 15 is 0 Å². The minimum absolute atomic E-state index is 0.00115. The number of anilines is 1. The third-order valence-corrected chi connectivity index (χ3v) is 7.01. The summed E-state index contributed by atoms with van der Waals surface area (Å²) in [6.07, 6.45) is 3.56. The summed E-state index contributed by atoms with van der Waals surface area (Å²) in [4.78, 5) is 25.4. The van der Waals surface area contributed by atoms with Crippen LogP contribution in [0.1, 0.15) is 54.2 Å². The molecule has 194 valence electrons.